The lowest BCUT2D eigenvalue weighted by Crippen LogP contribution is -2.14. The van der Waals surface area contributed by atoms with Crippen molar-refractivity contribution in [2.75, 3.05) is 5.32 Å². The van der Waals surface area contributed by atoms with Crippen LogP contribution in [0.5, 0.6) is 0 Å². The van der Waals surface area contributed by atoms with E-state index >= 15 is 0 Å². The maximum atomic E-state index is 12.9. The van der Waals surface area contributed by atoms with Gasteiger partial charge in [-0.3, -0.25) is 14.8 Å². The first kappa shape index (κ1) is 20.0. The zero-order chi connectivity index (χ0) is 21.2. The minimum absolute atomic E-state index is 0.120. The Morgan fingerprint density at radius 1 is 1.07 bits per heavy atom. The summed E-state index contributed by atoms with van der Waals surface area (Å²) in [5, 5.41) is 11.8. The minimum atomic E-state index is -4.54. The van der Waals surface area contributed by atoms with Crippen molar-refractivity contribution in [2.24, 2.45) is 0 Å². The number of carbonyl (C=O) groups excluding carboxylic acids is 1. The molecule has 1 N–H and O–H groups in total. The van der Waals surface area contributed by atoms with E-state index in [1.807, 2.05) is 0 Å². The van der Waals surface area contributed by atoms with Crippen LogP contribution in [0.15, 0.2) is 48.8 Å². The van der Waals surface area contributed by atoms with E-state index in [-0.39, 0.29) is 5.56 Å². The van der Waals surface area contributed by atoms with Crippen molar-refractivity contribution in [3.8, 4) is 17.2 Å². The molecule has 0 aliphatic heterocycles. The van der Waals surface area contributed by atoms with Gasteiger partial charge in [0.25, 0.3) is 5.91 Å². The van der Waals surface area contributed by atoms with Gasteiger partial charge in [0.15, 0.2) is 0 Å². The van der Waals surface area contributed by atoms with Gasteiger partial charge >= 0.3 is 6.18 Å². The Kier molecular flexibility index (Phi) is 5.33. The molecule has 146 valence electrons. The third kappa shape index (κ3) is 4.41. The number of hydrogen-bond donors (Lipinski definition) is 1. The average Bonchev–Trinajstić information content (AvgIpc) is 2.69. The van der Waals surface area contributed by atoms with E-state index in [1.54, 1.807) is 32.2 Å². The van der Waals surface area contributed by atoms with E-state index in [1.165, 1.54) is 18.3 Å². The second-order valence-electron chi connectivity index (χ2n) is 6.36. The normalized spacial score (nSPS) is 11.0. The second-order valence-corrected chi connectivity index (χ2v) is 6.36. The molecule has 29 heavy (non-hydrogen) atoms. The van der Waals surface area contributed by atoms with E-state index in [4.69, 9.17) is 0 Å². The Morgan fingerprint density at radius 3 is 2.48 bits per heavy atom. The number of nitrogens with zero attached hydrogens (tertiary/aromatic N) is 3. The summed E-state index contributed by atoms with van der Waals surface area (Å²) in [5.41, 5.74) is 2.25. The van der Waals surface area contributed by atoms with Gasteiger partial charge in [-0.25, -0.2) is 0 Å². The molecular formula is C21H15F3N4O. The maximum Gasteiger partial charge on any atom is 0.416 e. The van der Waals surface area contributed by atoms with Gasteiger partial charge in [0.05, 0.1) is 28.7 Å². The molecule has 0 aliphatic rings. The summed E-state index contributed by atoms with van der Waals surface area (Å²) in [6.45, 7) is 3.48. The molecule has 0 saturated carbocycles. The van der Waals surface area contributed by atoms with Crippen LogP contribution in [-0.2, 0) is 6.18 Å². The molecule has 0 aliphatic carbocycles. The van der Waals surface area contributed by atoms with Crippen LogP contribution in [0.3, 0.4) is 0 Å². The van der Waals surface area contributed by atoms with Crippen LogP contribution in [0.1, 0.15) is 32.9 Å². The van der Waals surface area contributed by atoms with Crippen molar-refractivity contribution >= 4 is 11.6 Å². The number of amides is 1. The molecule has 1 amide bonds. The third-order valence-corrected chi connectivity index (χ3v) is 4.32. The highest BCUT2D eigenvalue weighted by Gasteiger charge is 2.30. The average molecular weight is 396 g/mol. The third-order valence-electron chi connectivity index (χ3n) is 4.32. The summed E-state index contributed by atoms with van der Waals surface area (Å²) in [6, 6.07) is 9.55. The molecule has 0 fully saturated rings. The Labute approximate surface area is 164 Å². The van der Waals surface area contributed by atoms with E-state index in [2.05, 4.69) is 21.4 Å². The standard InChI is InChI=1S/C21H15F3N4O/c1-12-15(9-25)6-16(10-26-12)19-8-18(11-27-13(19)2)28-20(29)14-4-3-5-17(7-14)21(22,23)24/h3-8,10-11H,1-2H3,(H,28,29). The first-order valence-corrected chi connectivity index (χ1v) is 8.51. The van der Waals surface area contributed by atoms with E-state index < -0.39 is 17.6 Å². The van der Waals surface area contributed by atoms with Gasteiger partial charge in [-0.05, 0) is 44.2 Å². The number of hydrogen-bond acceptors (Lipinski definition) is 4. The fourth-order valence-electron chi connectivity index (χ4n) is 2.73. The number of carbonyl (C=O) groups is 1. The number of nitrogens with one attached hydrogen (secondary N) is 1. The smallest absolute Gasteiger partial charge is 0.321 e. The Hall–Kier alpha value is -3.73. The largest absolute Gasteiger partial charge is 0.416 e. The van der Waals surface area contributed by atoms with Gasteiger partial charge in [0.2, 0.25) is 0 Å². The number of benzene rings is 1. The lowest BCUT2D eigenvalue weighted by molar-refractivity contribution is -0.137. The Morgan fingerprint density at radius 2 is 1.79 bits per heavy atom. The van der Waals surface area contributed by atoms with Gasteiger partial charge < -0.3 is 5.32 Å². The summed E-state index contributed by atoms with van der Waals surface area (Å²) >= 11 is 0. The lowest BCUT2D eigenvalue weighted by Gasteiger charge is -2.11. The number of pyridine rings is 2. The number of nitriles is 1. The minimum Gasteiger partial charge on any atom is -0.321 e. The van der Waals surface area contributed by atoms with Crippen LogP contribution in [0.2, 0.25) is 0 Å². The molecule has 0 atom stereocenters. The first-order chi connectivity index (χ1) is 13.7. The number of alkyl halides is 3. The first-order valence-electron chi connectivity index (χ1n) is 8.51. The van der Waals surface area contributed by atoms with Gasteiger partial charge in [0, 0.05) is 28.6 Å². The van der Waals surface area contributed by atoms with Crippen molar-refractivity contribution in [3.05, 3.63) is 76.9 Å². The van der Waals surface area contributed by atoms with E-state index in [0.717, 1.165) is 12.1 Å². The highest BCUT2D eigenvalue weighted by molar-refractivity contribution is 6.04. The quantitative estimate of drug-likeness (QED) is 0.683. The number of rotatable bonds is 3. The summed E-state index contributed by atoms with van der Waals surface area (Å²) in [6.07, 6.45) is -1.53. The predicted octanol–water partition coefficient (Wildman–Crippen LogP) is 4.90. The van der Waals surface area contributed by atoms with Crippen molar-refractivity contribution in [1.82, 2.24) is 9.97 Å². The molecule has 5 nitrogen and oxygen atoms in total. The van der Waals surface area contributed by atoms with Crippen LogP contribution in [-0.4, -0.2) is 15.9 Å². The van der Waals surface area contributed by atoms with Gasteiger partial charge in [-0.2, -0.15) is 18.4 Å². The maximum absolute atomic E-state index is 12.9. The molecule has 1 aromatic carbocycles. The van der Waals surface area contributed by atoms with Gasteiger partial charge in [-0.1, -0.05) is 6.07 Å². The van der Waals surface area contributed by atoms with Gasteiger partial charge in [0.1, 0.15) is 6.07 Å². The van der Waals surface area contributed by atoms with Gasteiger partial charge in [-0.15, -0.1) is 0 Å². The zero-order valence-electron chi connectivity index (χ0n) is 15.5. The molecule has 0 saturated heterocycles. The predicted molar refractivity (Wildman–Crippen MR) is 101 cm³/mol. The Balaban J connectivity index is 1.91. The molecule has 8 heteroatoms. The molecule has 0 unspecified atom stereocenters. The highest BCUT2D eigenvalue weighted by Crippen LogP contribution is 2.30. The molecule has 0 radical (unpaired) electrons. The monoisotopic (exact) mass is 396 g/mol. The molecule has 2 heterocycles. The van der Waals surface area contributed by atoms with E-state index in [9.17, 15) is 23.2 Å². The van der Waals surface area contributed by atoms with Crippen LogP contribution >= 0.6 is 0 Å². The molecule has 3 rings (SSSR count). The van der Waals surface area contributed by atoms with Crippen molar-refractivity contribution in [2.45, 2.75) is 20.0 Å². The fraction of sp³-hybridized carbons (Fsp3) is 0.143. The molecule has 2 aromatic heterocycles. The Bertz CT molecular complexity index is 1130. The molecule has 0 spiro atoms. The van der Waals surface area contributed by atoms with Crippen LogP contribution in [0, 0.1) is 25.2 Å². The number of anilines is 1. The fourth-order valence-corrected chi connectivity index (χ4v) is 2.73. The van der Waals surface area contributed by atoms with Crippen molar-refractivity contribution < 1.29 is 18.0 Å². The summed E-state index contributed by atoms with van der Waals surface area (Å²) in [5.74, 6) is -0.688. The van der Waals surface area contributed by atoms with Crippen molar-refractivity contribution in [1.29, 1.82) is 5.26 Å². The van der Waals surface area contributed by atoms with Crippen molar-refractivity contribution in [3.63, 3.8) is 0 Å². The van der Waals surface area contributed by atoms with E-state index in [0.29, 0.717) is 33.8 Å². The highest BCUT2D eigenvalue weighted by atomic mass is 19.4. The SMILES string of the molecule is Cc1ncc(-c2cc(NC(=O)c3cccc(C(F)(F)F)c3)cnc2C)cc1C#N. The molecular weight excluding hydrogens is 381 g/mol. The number of aryl methyl sites for hydroxylation is 2. The molecule has 3 aromatic rings. The van der Waals surface area contributed by atoms with Crippen LogP contribution < -0.4 is 5.32 Å². The number of halogens is 3. The number of aromatic nitrogens is 2. The van der Waals surface area contributed by atoms with Crippen LogP contribution in [0.4, 0.5) is 18.9 Å². The zero-order valence-corrected chi connectivity index (χ0v) is 15.5. The van der Waals surface area contributed by atoms with Crippen LogP contribution in [0.25, 0.3) is 11.1 Å². The summed E-state index contributed by atoms with van der Waals surface area (Å²) in [4.78, 5) is 20.8. The second kappa shape index (κ2) is 7.72. The lowest BCUT2D eigenvalue weighted by atomic mass is 10.0. The summed E-state index contributed by atoms with van der Waals surface area (Å²) < 4.78 is 38.6. The molecule has 0 bridgehead atoms. The summed E-state index contributed by atoms with van der Waals surface area (Å²) in [7, 11) is 0. The topological polar surface area (TPSA) is 78.7 Å².